The lowest BCUT2D eigenvalue weighted by molar-refractivity contribution is 0.155. The molecule has 0 rings (SSSR count). The Morgan fingerprint density at radius 3 is 2.17 bits per heavy atom. The van der Waals surface area contributed by atoms with Crippen molar-refractivity contribution in [2.24, 2.45) is 0 Å². The molecule has 0 bridgehead atoms. The molecule has 0 aliphatic rings. The monoisotopic (exact) mass is 175 g/mol. The fourth-order valence-electron chi connectivity index (χ4n) is 0.987. The van der Waals surface area contributed by atoms with Gasteiger partial charge >= 0.3 is 0 Å². The summed E-state index contributed by atoms with van der Waals surface area (Å²) in [7, 11) is 5.60. The summed E-state index contributed by atoms with van der Waals surface area (Å²) in [6.07, 6.45) is 2.35. The molecule has 0 aromatic rings. The summed E-state index contributed by atoms with van der Waals surface area (Å²) in [6.45, 7) is 3.84. The zero-order valence-electron chi connectivity index (χ0n) is 8.51. The fraction of sp³-hybridized carbons (Fsp3) is 1.00. The summed E-state index contributed by atoms with van der Waals surface area (Å²) in [5, 5.41) is 0. The van der Waals surface area contributed by atoms with E-state index in [4.69, 9.17) is 9.47 Å². The van der Waals surface area contributed by atoms with Crippen LogP contribution < -0.4 is 0 Å². The Labute approximate surface area is 75.6 Å². The number of nitrogens with zero attached hydrogens (tertiary/aromatic N) is 1. The molecule has 0 aliphatic heterocycles. The topological polar surface area (TPSA) is 21.7 Å². The molecule has 0 heterocycles. The summed E-state index contributed by atoms with van der Waals surface area (Å²) in [4.78, 5) is 2.28. The maximum Gasteiger partial charge on any atom is 0.0589 e. The number of hydrogen-bond acceptors (Lipinski definition) is 3. The second-order valence-corrected chi connectivity index (χ2v) is 3.00. The summed E-state index contributed by atoms with van der Waals surface area (Å²) in [5.74, 6) is 0. The molecule has 74 valence electrons. The highest BCUT2D eigenvalue weighted by molar-refractivity contribution is 4.50. The first kappa shape index (κ1) is 11.9. The van der Waals surface area contributed by atoms with E-state index in [0.29, 0.717) is 0 Å². The van der Waals surface area contributed by atoms with Gasteiger partial charge in [0.25, 0.3) is 0 Å². The second-order valence-electron chi connectivity index (χ2n) is 3.00. The molecule has 0 spiro atoms. The van der Waals surface area contributed by atoms with Gasteiger partial charge in [0.15, 0.2) is 0 Å². The first-order chi connectivity index (χ1) is 5.81. The maximum absolute atomic E-state index is 4.97. The average molecular weight is 175 g/mol. The van der Waals surface area contributed by atoms with Crippen LogP contribution in [0.25, 0.3) is 0 Å². The van der Waals surface area contributed by atoms with Crippen molar-refractivity contribution in [1.82, 2.24) is 4.90 Å². The smallest absolute Gasteiger partial charge is 0.0589 e. The van der Waals surface area contributed by atoms with Crippen LogP contribution in [0.1, 0.15) is 12.8 Å². The molecule has 0 unspecified atom stereocenters. The largest absolute Gasteiger partial charge is 0.385 e. The highest BCUT2D eigenvalue weighted by Gasteiger charge is 1.96. The highest BCUT2D eigenvalue weighted by atomic mass is 16.5. The third-order valence-corrected chi connectivity index (χ3v) is 1.82. The van der Waals surface area contributed by atoms with Gasteiger partial charge in [0, 0.05) is 27.4 Å². The number of ether oxygens (including phenoxy) is 2. The molecule has 12 heavy (non-hydrogen) atoms. The number of likely N-dealkylation sites (N-methyl/N-ethyl adjacent to an activating group) is 1. The molecule has 0 radical (unpaired) electrons. The van der Waals surface area contributed by atoms with E-state index in [1.807, 2.05) is 0 Å². The Hall–Kier alpha value is -0.120. The fourth-order valence-corrected chi connectivity index (χ4v) is 0.987. The van der Waals surface area contributed by atoms with E-state index in [1.54, 1.807) is 14.2 Å². The third kappa shape index (κ3) is 7.98. The molecular formula is C9H21NO2. The molecule has 0 aromatic heterocycles. The van der Waals surface area contributed by atoms with Crippen LogP contribution in [0.4, 0.5) is 0 Å². The van der Waals surface area contributed by atoms with Gasteiger partial charge in [-0.05, 0) is 26.4 Å². The van der Waals surface area contributed by atoms with Gasteiger partial charge < -0.3 is 14.4 Å². The number of unbranched alkanes of at least 4 members (excludes halogenated alkanes) is 1. The third-order valence-electron chi connectivity index (χ3n) is 1.82. The predicted octanol–water partition coefficient (Wildman–Crippen LogP) is 0.991. The summed E-state index contributed by atoms with van der Waals surface area (Å²) in [6, 6.07) is 0. The standard InChI is InChI=1S/C9H21NO2/c1-10(7-9-12-3)6-4-5-8-11-2/h4-9H2,1-3H3. The van der Waals surface area contributed by atoms with Gasteiger partial charge in [-0.2, -0.15) is 0 Å². The summed E-state index contributed by atoms with van der Waals surface area (Å²) in [5.41, 5.74) is 0. The van der Waals surface area contributed by atoms with Crippen LogP contribution in [0.15, 0.2) is 0 Å². The van der Waals surface area contributed by atoms with Gasteiger partial charge in [-0.25, -0.2) is 0 Å². The van der Waals surface area contributed by atoms with Crippen molar-refractivity contribution in [3.8, 4) is 0 Å². The zero-order valence-corrected chi connectivity index (χ0v) is 8.51. The molecule has 0 aliphatic carbocycles. The molecule has 0 saturated carbocycles. The lowest BCUT2D eigenvalue weighted by Gasteiger charge is -2.15. The molecular weight excluding hydrogens is 154 g/mol. The van der Waals surface area contributed by atoms with E-state index in [1.165, 1.54) is 6.42 Å². The van der Waals surface area contributed by atoms with Crippen LogP contribution in [0, 0.1) is 0 Å². The van der Waals surface area contributed by atoms with Crippen molar-refractivity contribution in [3.63, 3.8) is 0 Å². The minimum Gasteiger partial charge on any atom is -0.385 e. The van der Waals surface area contributed by atoms with Crippen LogP contribution >= 0.6 is 0 Å². The van der Waals surface area contributed by atoms with E-state index < -0.39 is 0 Å². The quantitative estimate of drug-likeness (QED) is 0.514. The Morgan fingerprint density at radius 2 is 1.58 bits per heavy atom. The Kier molecular flexibility index (Phi) is 8.88. The minimum atomic E-state index is 0.820. The zero-order chi connectivity index (χ0) is 9.23. The van der Waals surface area contributed by atoms with Gasteiger partial charge in [0.05, 0.1) is 6.61 Å². The highest BCUT2D eigenvalue weighted by Crippen LogP contribution is 1.92. The molecule has 0 amide bonds. The predicted molar refractivity (Wildman–Crippen MR) is 50.5 cm³/mol. The van der Waals surface area contributed by atoms with E-state index >= 15 is 0 Å². The molecule has 0 N–H and O–H groups in total. The first-order valence-electron chi connectivity index (χ1n) is 4.47. The second kappa shape index (κ2) is 8.97. The van der Waals surface area contributed by atoms with Crippen molar-refractivity contribution < 1.29 is 9.47 Å². The van der Waals surface area contributed by atoms with Gasteiger partial charge in [0.1, 0.15) is 0 Å². The van der Waals surface area contributed by atoms with Crippen molar-refractivity contribution in [2.45, 2.75) is 12.8 Å². The number of hydrogen-bond donors (Lipinski definition) is 0. The molecule has 0 fully saturated rings. The maximum atomic E-state index is 4.97. The van der Waals surface area contributed by atoms with Crippen molar-refractivity contribution in [1.29, 1.82) is 0 Å². The average Bonchev–Trinajstić information content (AvgIpc) is 2.09. The number of rotatable bonds is 8. The van der Waals surface area contributed by atoms with Crippen molar-refractivity contribution in [2.75, 3.05) is 47.6 Å². The van der Waals surface area contributed by atoms with Gasteiger partial charge in [0.2, 0.25) is 0 Å². The molecule has 0 aromatic carbocycles. The SMILES string of the molecule is COCCCCN(C)CCOC. The van der Waals surface area contributed by atoms with E-state index in [9.17, 15) is 0 Å². The van der Waals surface area contributed by atoms with E-state index in [0.717, 1.165) is 32.7 Å². The first-order valence-corrected chi connectivity index (χ1v) is 4.47. The number of methoxy groups -OCH3 is 2. The lowest BCUT2D eigenvalue weighted by Crippen LogP contribution is -2.24. The normalized spacial score (nSPS) is 11.0. The van der Waals surface area contributed by atoms with Crippen LogP contribution in [-0.2, 0) is 9.47 Å². The Bertz CT molecular complexity index is 88.6. The van der Waals surface area contributed by atoms with Crippen LogP contribution in [0.2, 0.25) is 0 Å². The summed E-state index contributed by atoms with van der Waals surface area (Å²) >= 11 is 0. The minimum absolute atomic E-state index is 0.820. The van der Waals surface area contributed by atoms with Gasteiger partial charge in [-0.15, -0.1) is 0 Å². The van der Waals surface area contributed by atoms with E-state index in [-0.39, 0.29) is 0 Å². The Morgan fingerprint density at radius 1 is 0.917 bits per heavy atom. The van der Waals surface area contributed by atoms with Crippen LogP contribution in [0.5, 0.6) is 0 Å². The Balaban J connectivity index is 3.02. The van der Waals surface area contributed by atoms with Gasteiger partial charge in [-0.3, -0.25) is 0 Å². The van der Waals surface area contributed by atoms with Gasteiger partial charge in [-0.1, -0.05) is 0 Å². The van der Waals surface area contributed by atoms with E-state index in [2.05, 4.69) is 11.9 Å². The molecule has 3 nitrogen and oxygen atoms in total. The van der Waals surface area contributed by atoms with Crippen molar-refractivity contribution >= 4 is 0 Å². The molecule has 0 atom stereocenters. The van der Waals surface area contributed by atoms with Crippen molar-refractivity contribution in [3.05, 3.63) is 0 Å². The lowest BCUT2D eigenvalue weighted by atomic mass is 10.3. The van der Waals surface area contributed by atoms with Crippen LogP contribution in [-0.4, -0.2) is 52.5 Å². The summed E-state index contributed by atoms with van der Waals surface area (Å²) < 4.78 is 9.94. The molecule has 3 heteroatoms. The molecule has 0 saturated heterocycles. The van der Waals surface area contributed by atoms with Crippen LogP contribution in [0.3, 0.4) is 0 Å².